The monoisotopic (exact) mass is 400 g/mol. The van der Waals surface area contributed by atoms with Crippen LogP contribution in [0.1, 0.15) is 16.1 Å². The van der Waals surface area contributed by atoms with E-state index in [2.05, 4.69) is 4.74 Å². The van der Waals surface area contributed by atoms with Crippen LogP contribution in [0.4, 0.5) is 8.78 Å². The molecule has 0 atom stereocenters. The Hall–Kier alpha value is -2.30. The van der Waals surface area contributed by atoms with Crippen LogP contribution < -0.4 is 0 Å². The van der Waals surface area contributed by atoms with Crippen LogP contribution in [0.3, 0.4) is 0 Å². The van der Waals surface area contributed by atoms with Gasteiger partial charge in [0, 0.05) is 26.2 Å². The topological polar surface area (TPSA) is 80.1 Å². The van der Waals surface area contributed by atoms with E-state index >= 15 is 0 Å². The SMILES string of the molecule is COC(=O)c1ccoc1CN1CCN(S(=O)(=O)c2cc(F)ccc2F)CC1. The molecule has 2 heterocycles. The predicted octanol–water partition coefficient (Wildman–Crippen LogP) is 1.85. The zero-order chi connectivity index (χ0) is 19.6. The second-order valence-electron chi connectivity index (χ2n) is 6.00. The number of carbonyl (C=O) groups excluding carboxylic acids is 1. The molecule has 1 aromatic heterocycles. The predicted molar refractivity (Wildman–Crippen MR) is 90.4 cm³/mol. The molecule has 1 aliphatic rings. The number of piperazine rings is 1. The van der Waals surface area contributed by atoms with E-state index in [1.165, 1.54) is 19.4 Å². The summed E-state index contributed by atoms with van der Waals surface area (Å²) in [6.07, 6.45) is 1.38. The molecule has 0 spiro atoms. The minimum Gasteiger partial charge on any atom is -0.467 e. The molecule has 1 aromatic carbocycles. The Morgan fingerprint density at radius 1 is 1.19 bits per heavy atom. The van der Waals surface area contributed by atoms with Gasteiger partial charge in [-0.3, -0.25) is 4.90 Å². The third-order valence-electron chi connectivity index (χ3n) is 4.36. The molecule has 0 aliphatic carbocycles. The minimum atomic E-state index is -4.13. The second kappa shape index (κ2) is 7.75. The van der Waals surface area contributed by atoms with Gasteiger partial charge in [0.15, 0.2) is 0 Å². The quantitative estimate of drug-likeness (QED) is 0.713. The zero-order valence-electron chi connectivity index (χ0n) is 14.5. The maximum atomic E-state index is 13.9. The molecule has 10 heteroatoms. The first kappa shape index (κ1) is 19.5. The number of nitrogens with zero attached hydrogens (tertiary/aromatic N) is 2. The van der Waals surface area contributed by atoms with Crippen molar-refractivity contribution in [2.45, 2.75) is 11.4 Å². The van der Waals surface area contributed by atoms with E-state index in [0.29, 0.717) is 37.0 Å². The Kier molecular flexibility index (Phi) is 5.59. The first-order valence-electron chi connectivity index (χ1n) is 8.15. The van der Waals surface area contributed by atoms with Crippen LogP contribution in [0.25, 0.3) is 0 Å². The molecule has 0 amide bonds. The lowest BCUT2D eigenvalue weighted by Gasteiger charge is -2.33. The van der Waals surface area contributed by atoms with Gasteiger partial charge in [0.05, 0.1) is 19.9 Å². The van der Waals surface area contributed by atoms with Gasteiger partial charge in [-0.15, -0.1) is 0 Å². The van der Waals surface area contributed by atoms with Crippen LogP contribution in [-0.2, 0) is 21.3 Å². The van der Waals surface area contributed by atoms with E-state index < -0.39 is 32.5 Å². The molecular weight excluding hydrogens is 382 g/mol. The van der Waals surface area contributed by atoms with Crippen LogP contribution in [0.15, 0.2) is 39.8 Å². The molecule has 0 radical (unpaired) electrons. The lowest BCUT2D eigenvalue weighted by molar-refractivity contribution is 0.0595. The Balaban J connectivity index is 1.68. The lowest BCUT2D eigenvalue weighted by atomic mass is 10.2. The Morgan fingerprint density at radius 3 is 2.56 bits per heavy atom. The minimum absolute atomic E-state index is 0.104. The van der Waals surface area contributed by atoms with Crippen LogP contribution >= 0.6 is 0 Å². The molecule has 1 saturated heterocycles. The zero-order valence-corrected chi connectivity index (χ0v) is 15.3. The first-order chi connectivity index (χ1) is 12.8. The number of hydrogen-bond acceptors (Lipinski definition) is 6. The molecular formula is C17H18F2N2O5S. The molecule has 7 nitrogen and oxygen atoms in total. The number of methoxy groups -OCH3 is 1. The van der Waals surface area contributed by atoms with Gasteiger partial charge in [-0.1, -0.05) is 0 Å². The molecule has 0 N–H and O–H groups in total. The summed E-state index contributed by atoms with van der Waals surface area (Å²) >= 11 is 0. The van der Waals surface area contributed by atoms with Gasteiger partial charge in [-0.25, -0.2) is 22.0 Å². The van der Waals surface area contributed by atoms with E-state index in [1.54, 1.807) is 0 Å². The third-order valence-corrected chi connectivity index (χ3v) is 6.27. The van der Waals surface area contributed by atoms with Crippen LogP contribution in [0, 0.1) is 11.6 Å². The second-order valence-corrected chi connectivity index (χ2v) is 7.91. The normalized spacial score (nSPS) is 16.4. The Labute approximate surface area is 155 Å². The van der Waals surface area contributed by atoms with Gasteiger partial charge in [-0.05, 0) is 24.3 Å². The van der Waals surface area contributed by atoms with Gasteiger partial charge in [0.1, 0.15) is 27.9 Å². The summed E-state index contributed by atoms with van der Waals surface area (Å²) < 4.78 is 63.5. The van der Waals surface area contributed by atoms with E-state index in [1.807, 2.05) is 4.90 Å². The fourth-order valence-corrected chi connectivity index (χ4v) is 4.40. The number of ether oxygens (including phenoxy) is 1. The number of furan rings is 1. The first-order valence-corrected chi connectivity index (χ1v) is 9.59. The van der Waals surface area contributed by atoms with Crippen molar-refractivity contribution < 1.29 is 31.1 Å². The highest BCUT2D eigenvalue weighted by atomic mass is 32.2. The molecule has 2 aromatic rings. The molecule has 0 saturated carbocycles. The average Bonchev–Trinajstić information content (AvgIpc) is 3.11. The summed E-state index contributed by atoms with van der Waals surface area (Å²) in [5.74, 6) is -1.89. The van der Waals surface area contributed by atoms with Crippen molar-refractivity contribution >= 4 is 16.0 Å². The van der Waals surface area contributed by atoms with Gasteiger partial charge >= 0.3 is 5.97 Å². The fraction of sp³-hybridized carbons (Fsp3) is 0.353. The molecule has 1 aliphatic heterocycles. The maximum absolute atomic E-state index is 13.9. The number of carbonyl (C=O) groups is 1. The summed E-state index contributed by atoms with van der Waals surface area (Å²) in [5.41, 5.74) is 0.314. The van der Waals surface area contributed by atoms with Crippen molar-refractivity contribution in [2.75, 3.05) is 33.3 Å². The number of rotatable bonds is 5. The van der Waals surface area contributed by atoms with Crippen molar-refractivity contribution in [2.24, 2.45) is 0 Å². The number of esters is 1. The molecule has 27 heavy (non-hydrogen) atoms. The standard InChI is InChI=1S/C17H18F2N2O5S/c1-25-17(22)13-4-9-26-15(13)11-20-5-7-21(8-6-20)27(23,24)16-10-12(18)2-3-14(16)19/h2-4,9-10H,5-8,11H2,1H3. The molecule has 3 rings (SSSR count). The van der Waals surface area contributed by atoms with Crippen molar-refractivity contribution in [3.8, 4) is 0 Å². The van der Waals surface area contributed by atoms with Crippen LogP contribution in [-0.4, -0.2) is 56.9 Å². The summed E-state index contributed by atoms with van der Waals surface area (Å²) in [7, 11) is -2.86. The van der Waals surface area contributed by atoms with E-state index in [-0.39, 0.29) is 13.1 Å². The highest BCUT2D eigenvalue weighted by Gasteiger charge is 2.31. The smallest absolute Gasteiger partial charge is 0.341 e. The van der Waals surface area contributed by atoms with E-state index in [9.17, 15) is 22.0 Å². The molecule has 0 bridgehead atoms. The largest absolute Gasteiger partial charge is 0.467 e. The van der Waals surface area contributed by atoms with Gasteiger partial charge in [0.2, 0.25) is 10.0 Å². The number of hydrogen-bond donors (Lipinski definition) is 0. The van der Waals surface area contributed by atoms with Gasteiger partial charge in [0.25, 0.3) is 0 Å². The number of sulfonamides is 1. The summed E-state index contributed by atoms with van der Waals surface area (Å²) in [6, 6.07) is 3.86. The summed E-state index contributed by atoms with van der Waals surface area (Å²) in [5, 5.41) is 0. The van der Waals surface area contributed by atoms with Gasteiger partial charge < -0.3 is 9.15 Å². The number of halogens is 2. The maximum Gasteiger partial charge on any atom is 0.341 e. The Bertz CT molecular complexity index is 937. The van der Waals surface area contributed by atoms with Crippen molar-refractivity contribution in [3.05, 3.63) is 53.5 Å². The molecule has 1 fully saturated rings. The highest BCUT2D eigenvalue weighted by Crippen LogP contribution is 2.23. The lowest BCUT2D eigenvalue weighted by Crippen LogP contribution is -2.48. The third kappa shape index (κ3) is 4.02. The summed E-state index contributed by atoms with van der Waals surface area (Å²) in [6.45, 7) is 1.20. The number of benzene rings is 1. The van der Waals surface area contributed by atoms with E-state index in [0.717, 1.165) is 16.4 Å². The van der Waals surface area contributed by atoms with Crippen LogP contribution in [0.5, 0.6) is 0 Å². The molecule has 0 unspecified atom stereocenters. The average molecular weight is 400 g/mol. The van der Waals surface area contributed by atoms with E-state index in [4.69, 9.17) is 4.42 Å². The van der Waals surface area contributed by atoms with Gasteiger partial charge in [-0.2, -0.15) is 4.31 Å². The van der Waals surface area contributed by atoms with Crippen molar-refractivity contribution in [3.63, 3.8) is 0 Å². The van der Waals surface area contributed by atoms with Crippen LogP contribution in [0.2, 0.25) is 0 Å². The molecule has 146 valence electrons. The summed E-state index contributed by atoms with van der Waals surface area (Å²) in [4.78, 5) is 12.9. The van der Waals surface area contributed by atoms with Crippen molar-refractivity contribution in [1.29, 1.82) is 0 Å². The van der Waals surface area contributed by atoms with Crippen molar-refractivity contribution in [1.82, 2.24) is 9.21 Å². The fourth-order valence-electron chi connectivity index (χ4n) is 2.90. The highest BCUT2D eigenvalue weighted by molar-refractivity contribution is 7.89. The Morgan fingerprint density at radius 2 is 1.89 bits per heavy atom.